The van der Waals surface area contributed by atoms with E-state index in [9.17, 15) is 4.79 Å². The minimum Gasteiger partial charge on any atom is -0.443 e. The van der Waals surface area contributed by atoms with Crippen LogP contribution in [0.5, 0.6) is 0 Å². The Morgan fingerprint density at radius 1 is 1.44 bits per heavy atom. The van der Waals surface area contributed by atoms with Gasteiger partial charge >= 0.3 is 0 Å². The van der Waals surface area contributed by atoms with Crippen molar-refractivity contribution in [1.82, 2.24) is 9.97 Å². The topological polar surface area (TPSA) is 79.1 Å². The zero-order chi connectivity index (χ0) is 11.1. The second-order valence-electron chi connectivity index (χ2n) is 3.52. The minimum absolute atomic E-state index is 0.0631. The number of aromatic amines is 1. The predicted molar refractivity (Wildman–Crippen MR) is 58.1 cm³/mol. The van der Waals surface area contributed by atoms with Crippen molar-refractivity contribution < 1.29 is 9.52 Å². The van der Waals surface area contributed by atoms with Crippen LogP contribution >= 0.6 is 0 Å². The fraction of sp³-hybridized carbons (Fsp3) is 0.0909. The molecule has 0 aliphatic carbocycles. The van der Waals surface area contributed by atoms with Crippen LogP contribution in [0.4, 0.5) is 0 Å². The van der Waals surface area contributed by atoms with Gasteiger partial charge in [-0.2, -0.15) is 0 Å². The molecule has 0 bridgehead atoms. The van der Waals surface area contributed by atoms with E-state index in [0.717, 1.165) is 10.9 Å². The first-order valence-corrected chi connectivity index (χ1v) is 4.78. The van der Waals surface area contributed by atoms with Crippen molar-refractivity contribution in [2.75, 3.05) is 0 Å². The van der Waals surface area contributed by atoms with Crippen molar-refractivity contribution in [2.24, 2.45) is 0 Å². The van der Waals surface area contributed by atoms with Crippen LogP contribution in [0.3, 0.4) is 0 Å². The molecule has 80 valence electrons. The van der Waals surface area contributed by atoms with Gasteiger partial charge in [0.25, 0.3) is 5.56 Å². The van der Waals surface area contributed by atoms with Crippen LogP contribution in [0.25, 0.3) is 22.0 Å². The maximum atomic E-state index is 11.6. The molecular weight excluding hydrogens is 208 g/mol. The van der Waals surface area contributed by atoms with Crippen LogP contribution in [0.2, 0.25) is 0 Å². The molecular formula is C11H8N2O3. The molecule has 16 heavy (non-hydrogen) atoms. The summed E-state index contributed by atoms with van der Waals surface area (Å²) in [6.45, 7) is -0.0631. The van der Waals surface area contributed by atoms with E-state index in [1.165, 1.54) is 6.39 Å². The number of nitrogens with one attached hydrogen (secondary N) is 1. The van der Waals surface area contributed by atoms with Crippen LogP contribution in [-0.4, -0.2) is 15.1 Å². The highest BCUT2D eigenvalue weighted by molar-refractivity contribution is 6.00. The van der Waals surface area contributed by atoms with Crippen LogP contribution in [0, 0.1) is 0 Å². The average molecular weight is 216 g/mol. The van der Waals surface area contributed by atoms with E-state index in [0.29, 0.717) is 16.6 Å². The fourth-order valence-corrected chi connectivity index (χ4v) is 1.77. The number of hydrogen-bond acceptors (Lipinski definition) is 4. The number of aromatic nitrogens is 2. The monoisotopic (exact) mass is 216 g/mol. The van der Waals surface area contributed by atoms with Gasteiger partial charge in [0.2, 0.25) is 0 Å². The minimum atomic E-state index is -0.286. The highest BCUT2D eigenvalue weighted by Gasteiger charge is 2.09. The lowest BCUT2D eigenvalue weighted by molar-refractivity contribution is 0.282. The summed E-state index contributed by atoms with van der Waals surface area (Å²) in [6.07, 6.45) is 1.25. The van der Waals surface area contributed by atoms with Gasteiger partial charge in [-0.05, 0) is 17.7 Å². The van der Waals surface area contributed by atoms with Gasteiger partial charge in [-0.1, -0.05) is 6.07 Å². The van der Waals surface area contributed by atoms with Gasteiger partial charge in [0.1, 0.15) is 0 Å². The normalized spacial score (nSPS) is 11.3. The number of hydrogen-bond donors (Lipinski definition) is 2. The molecule has 0 spiro atoms. The molecule has 5 heteroatoms. The first kappa shape index (κ1) is 9.11. The molecule has 2 heterocycles. The van der Waals surface area contributed by atoms with E-state index in [1.807, 2.05) is 0 Å². The molecule has 0 aliphatic rings. The Morgan fingerprint density at radius 2 is 2.31 bits per heavy atom. The molecule has 0 radical (unpaired) electrons. The molecule has 3 aromatic rings. The highest BCUT2D eigenvalue weighted by atomic mass is 16.3. The lowest BCUT2D eigenvalue weighted by Gasteiger charge is -2.00. The number of aliphatic hydroxyl groups excluding tert-OH is 1. The van der Waals surface area contributed by atoms with Crippen LogP contribution in [0.15, 0.2) is 33.8 Å². The number of oxazole rings is 1. The number of fused-ring (bicyclic) bond motifs is 3. The van der Waals surface area contributed by atoms with E-state index in [2.05, 4.69) is 9.97 Å². The zero-order valence-electron chi connectivity index (χ0n) is 8.23. The van der Waals surface area contributed by atoms with Gasteiger partial charge in [0.15, 0.2) is 17.5 Å². The number of rotatable bonds is 1. The lowest BCUT2D eigenvalue weighted by Crippen LogP contribution is -2.06. The molecule has 2 aromatic heterocycles. The third-order valence-electron chi connectivity index (χ3n) is 2.54. The second-order valence-corrected chi connectivity index (χ2v) is 3.52. The summed E-state index contributed by atoms with van der Waals surface area (Å²) in [4.78, 5) is 18.2. The average Bonchev–Trinajstić information content (AvgIpc) is 2.78. The summed E-state index contributed by atoms with van der Waals surface area (Å²) in [5, 5.41) is 9.79. The maximum absolute atomic E-state index is 11.6. The van der Waals surface area contributed by atoms with Gasteiger partial charge in [0, 0.05) is 5.39 Å². The van der Waals surface area contributed by atoms with Gasteiger partial charge in [-0.15, -0.1) is 0 Å². The third kappa shape index (κ3) is 1.15. The maximum Gasteiger partial charge on any atom is 0.278 e. The van der Waals surface area contributed by atoms with Gasteiger partial charge in [-0.3, -0.25) is 4.79 Å². The van der Waals surface area contributed by atoms with Gasteiger partial charge in [-0.25, -0.2) is 4.98 Å². The highest BCUT2D eigenvalue weighted by Crippen LogP contribution is 2.21. The van der Waals surface area contributed by atoms with Crippen molar-refractivity contribution in [2.45, 2.75) is 6.61 Å². The number of H-pyrrole nitrogens is 1. The molecule has 0 unspecified atom stereocenters. The Labute approximate surface area is 89.3 Å². The summed E-state index contributed by atoms with van der Waals surface area (Å²) in [5.41, 5.74) is 1.86. The lowest BCUT2D eigenvalue weighted by atomic mass is 10.1. The van der Waals surface area contributed by atoms with Crippen molar-refractivity contribution in [3.63, 3.8) is 0 Å². The second kappa shape index (κ2) is 3.18. The standard InChI is InChI=1S/C11H8N2O3/c14-4-6-1-2-7-8(3-6)13-11(15)9-10(7)16-5-12-9/h1-3,5,14H,4H2,(H,13,15). The third-order valence-corrected chi connectivity index (χ3v) is 2.54. The molecule has 0 amide bonds. The first-order valence-electron chi connectivity index (χ1n) is 4.78. The van der Waals surface area contributed by atoms with Crippen LogP contribution in [0.1, 0.15) is 5.56 Å². The Kier molecular flexibility index (Phi) is 1.81. The van der Waals surface area contributed by atoms with E-state index in [-0.39, 0.29) is 12.2 Å². The molecule has 0 saturated heterocycles. The van der Waals surface area contributed by atoms with Crippen molar-refractivity contribution >= 4 is 22.0 Å². The summed E-state index contributed by atoms with van der Waals surface area (Å²) in [7, 11) is 0. The fourth-order valence-electron chi connectivity index (χ4n) is 1.77. The molecule has 0 saturated carbocycles. The predicted octanol–water partition coefficient (Wildman–Crippen LogP) is 1.16. The van der Waals surface area contributed by atoms with Crippen molar-refractivity contribution in [3.8, 4) is 0 Å². The van der Waals surface area contributed by atoms with E-state index >= 15 is 0 Å². The molecule has 2 N–H and O–H groups in total. The summed E-state index contributed by atoms with van der Waals surface area (Å²) in [5.74, 6) is 0. The van der Waals surface area contributed by atoms with Gasteiger partial charge < -0.3 is 14.5 Å². The number of benzene rings is 1. The van der Waals surface area contributed by atoms with Crippen molar-refractivity contribution in [1.29, 1.82) is 0 Å². The Hall–Kier alpha value is -2.14. The van der Waals surface area contributed by atoms with E-state index in [4.69, 9.17) is 9.52 Å². The summed E-state index contributed by atoms with van der Waals surface area (Å²) >= 11 is 0. The van der Waals surface area contributed by atoms with Crippen LogP contribution < -0.4 is 5.56 Å². The zero-order valence-corrected chi connectivity index (χ0v) is 8.23. The Balaban J connectivity index is 2.53. The molecule has 0 fully saturated rings. The number of pyridine rings is 1. The summed E-state index contributed by atoms with van der Waals surface area (Å²) in [6, 6.07) is 5.30. The van der Waals surface area contributed by atoms with Crippen LogP contribution in [-0.2, 0) is 6.61 Å². The Morgan fingerprint density at radius 3 is 3.12 bits per heavy atom. The van der Waals surface area contributed by atoms with E-state index in [1.54, 1.807) is 18.2 Å². The molecule has 3 rings (SSSR count). The summed E-state index contributed by atoms with van der Waals surface area (Å²) < 4.78 is 5.19. The van der Waals surface area contributed by atoms with Gasteiger partial charge in [0.05, 0.1) is 12.1 Å². The molecule has 1 aromatic carbocycles. The molecule has 0 aliphatic heterocycles. The Bertz CT molecular complexity index is 727. The number of aliphatic hydroxyl groups is 1. The molecule has 5 nitrogen and oxygen atoms in total. The SMILES string of the molecule is O=c1[nH]c2cc(CO)ccc2c2ocnc12. The largest absolute Gasteiger partial charge is 0.443 e. The number of nitrogens with zero attached hydrogens (tertiary/aromatic N) is 1. The quantitative estimate of drug-likeness (QED) is 0.639. The first-order chi connectivity index (χ1) is 7.79. The molecule has 0 atom stereocenters. The van der Waals surface area contributed by atoms with Crippen molar-refractivity contribution in [3.05, 3.63) is 40.5 Å². The van der Waals surface area contributed by atoms with E-state index < -0.39 is 0 Å². The smallest absolute Gasteiger partial charge is 0.278 e.